The van der Waals surface area contributed by atoms with Crippen LogP contribution in [-0.2, 0) is 13.5 Å². The molecular formula is C11H14FN3. The predicted octanol–water partition coefficient (Wildman–Crippen LogP) is 1.60. The number of fused-ring (bicyclic) bond motifs is 1. The lowest BCUT2D eigenvalue weighted by Gasteiger charge is -1.95. The second-order valence-corrected chi connectivity index (χ2v) is 3.62. The normalized spacial score (nSPS) is 11.1. The van der Waals surface area contributed by atoms with Gasteiger partial charge >= 0.3 is 0 Å². The molecule has 2 rings (SSSR count). The summed E-state index contributed by atoms with van der Waals surface area (Å²) in [6.45, 7) is 0.652. The molecule has 4 heteroatoms. The van der Waals surface area contributed by atoms with Crippen LogP contribution in [0.25, 0.3) is 10.9 Å². The van der Waals surface area contributed by atoms with E-state index in [2.05, 4.69) is 5.10 Å². The fraction of sp³-hybridized carbons (Fsp3) is 0.364. The monoisotopic (exact) mass is 207 g/mol. The number of hydrogen-bond acceptors (Lipinski definition) is 2. The Morgan fingerprint density at radius 2 is 2.27 bits per heavy atom. The van der Waals surface area contributed by atoms with Crippen molar-refractivity contribution < 1.29 is 4.39 Å². The zero-order valence-electron chi connectivity index (χ0n) is 8.70. The summed E-state index contributed by atoms with van der Waals surface area (Å²) in [5, 5.41) is 5.38. The van der Waals surface area contributed by atoms with Crippen LogP contribution in [0.3, 0.4) is 0 Å². The van der Waals surface area contributed by atoms with Crippen molar-refractivity contribution in [3.8, 4) is 0 Å². The number of benzene rings is 1. The summed E-state index contributed by atoms with van der Waals surface area (Å²) in [5.41, 5.74) is 7.29. The molecule has 80 valence electrons. The lowest BCUT2D eigenvalue weighted by molar-refractivity contribution is 0.628. The van der Waals surface area contributed by atoms with E-state index in [1.807, 2.05) is 7.05 Å². The van der Waals surface area contributed by atoms with Crippen LogP contribution >= 0.6 is 0 Å². The van der Waals surface area contributed by atoms with Crippen molar-refractivity contribution in [1.82, 2.24) is 9.78 Å². The first-order valence-electron chi connectivity index (χ1n) is 5.03. The van der Waals surface area contributed by atoms with E-state index in [9.17, 15) is 4.39 Å². The highest BCUT2D eigenvalue weighted by Crippen LogP contribution is 2.19. The Morgan fingerprint density at radius 3 is 3.00 bits per heavy atom. The molecule has 0 aliphatic heterocycles. The number of hydrogen-bond donors (Lipinski definition) is 1. The van der Waals surface area contributed by atoms with Crippen molar-refractivity contribution in [3.63, 3.8) is 0 Å². The third-order valence-electron chi connectivity index (χ3n) is 2.51. The maximum absolute atomic E-state index is 13.0. The van der Waals surface area contributed by atoms with E-state index < -0.39 is 0 Å². The van der Waals surface area contributed by atoms with Crippen molar-refractivity contribution in [2.75, 3.05) is 6.54 Å². The molecule has 0 amide bonds. The van der Waals surface area contributed by atoms with Crippen LogP contribution in [0.15, 0.2) is 18.2 Å². The molecule has 1 heterocycles. The van der Waals surface area contributed by atoms with E-state index in [0.717, 1.165) is 29.4 Å². The van der Waals surface area contributed by atoms with Crippen molar-refractivity contribution in [2.24, 2.45) is 12.8 Å². The third-order valence-corrected chi connectivity index (χ3v) is 2.51. The molecule has 1 aromatic carbocycles. The molecule has 3 nitrogen and oxygen atoms in total. The van der Waals surface area contributed by atoms with E-state index in [1.165, 1.54) is 12.1 Å². The van der Waals surface area contributed by atoms with Gasteiger partial charge in [0.1, 0.15) is 5.82 Å². The molecule has 0 spiro atoms. The third kappa shape index (κ3) is 1.85. The summed E-state index contributed by atoms with van der Waals surface area (Å²) in [4.78, 5) is 0. The standard InChI is InChI=1S/C11H14FN3/c1-15-11-7-8(12)4-5-9(11)10(14-15)3-2-6-13/h4-5,7H,2-3,6,13H2,1H3. The molecule has 0 atom stereocenters. The minimum absolute atomic E-state index is 0.226. The molecule has 0 bridgehead atoms. The summed E-state index contributed by atoms with van der Waals surface area (Å²) in [6, 6.07) is 4.76. The number of aromatic nitrogens is 2. The van der Waals surface area contributed by atoms with E-state index in [0.29, 0.717) is 6.54 Å². The Bertz CT molecular complexity index is 476. The molecule has 0 aliphatic carbocycles. The smallest absolute Gasteiger partial charge is 0.125 e. The van der Waals surface area contributed by atoms with Crippen LogP contribution in [0, 0.1) is 5.82 Å². The molecule has 15 heavy (non-hydrogen) atoms. The van der Waals surface area contributed by atoms with Gasteiger partial charge in [0, 0.05) is 12.4 Å². The SMILES string of the molecule is Cn1nc(CCCN)c2ccc(F)cc21. The summed E-state index contributed by atoms with van der Waals surface area (Å²) in [6.07, 6.45) is 1.75. The van der Waals surface area contributed by atoms with Crippen LogP contribution in [-0.4, -0.2) is 16.3 Å². The van der Waals surface area contributed by atoms with Gasteiger partial charge in [0.15, 0.2) is 0 Å². The first-order valence-corrected chi connectivity index (χ1v) is 5.03. The van der Waals surface area contributed by atoms with Gasteiger partial charge in [-0.25, -0.2) is 4.39 Å². The summed E-state index contributed by atoms with van der Waals surface area (Å²) in [7, 11) is 1.83. The first-order chi connectivity index (χ1) is 7.22. The van der Waals surface area contributed by atoms with Gasteiger partial charge in [-0.1, -0.05) is 0 Å². The Balaban J connectivity index is 2.48. The topological polar surface area (TPSA) is 43.8 Å². The van der Waals surface area contributed by atoms with Gasteiger partial charge in [-0.05, 0) is 37.6 Å². The van der Waals surface area contributed by atoms with Crippen LogP contribution in [0.4, 0.5) is 4.39 Å². The molecule has 0 aliphatic rings. The molecule has 0 unspecified atom stereocenters. The Labute approximate surface area is 87.7 Å². The Morgan fingerprint density at radius 1 is 1.47 bits per heavy atom. The van der Waals surface area contributed by atoms with Crippen LogP contribution < -0.4 is 5.73 Å². The predicted molar refractivity (Wildman–Crippen MR) is 58.0 cm³/mol. The summed E-state index contributed by atoms with van der Waals surface area (Å²) >= 11 is 0. The largest absolute Gasteiger partial charge is 0.330 e. The Kier molecular flexibility index (Phi) is 2.68. The minimum atomic E-state index is -0.226. The lowest BCUT2D eigenvalue weighted by atomic mass is 10.1. The van der Waals surface area contributed by atoms with Crippen molar-refractivity contribution in [2.45, 2.75) is 12.8 Å². The number of halogens is 1. The van der Waals surface area contributed by atoms with Crippen LogP contribution in [0.1, 0.15) is 12.1 Å². The molecule has 0 fully saturated rings. The molecule has 2 N–H and O–H groups in total. The number of nitrogens with zero attached hydrogens (tertiary/aromatic N) is 2. The zero-order chi connectivity index (χ0) is 10.8. The molecule has 0 saturated carbocycles. The number of aryl methyl sites for hydroxylation is 2. The van der Waals surface area contributed by atoms with Crippen LogP contribution in [0.5, 0.6) is 0 Å². The maximum Gasteiger partial charge on any atom is 0.125 e. The highest BCUT2D eigenvalue weighted by molar-refractivity contribution is 5.81. The van der Waals surface area contributed by atoms with Gasteiger partial charge in [0.05, 0.1) is 11.2 Å². The minimum Gasteiger partial charge on any atom is -0.330 e. The quantitative estimate of drug-likeness (QED) is 0.830. The Hall–Kier alpha value is -1.42. The molecule has 0 saturated heterocycles. The van der Waals surface area contributed by atoms with Crippen molar-refractivity contribution in [3.05, 3.63) is 29.7 Å². The molecule has 2 aromatic rings. The number of rotatable bonds is 3. The van der Waals surface area contributed by atoms with Gasteiger partial charge < -0.3 is 5.73 Å². The van der Waals surface area contributed by atoms with Gasteiger partial charge in [-0.2, -0.15) is 5.10 Å². The molecular weight excluding hydrogens is 193 g/mol. The van der Waals surface area contributed by atoms with Gasteiger partial charge in [-0.3, -0.25) is 4.68 Å². The maximum atomic E-state index is 13.0. The number of nitrogens with two attached hydrogens (primary N) is 1. The van der Waals surface area contributed by atoms with Gasteiger partial charge in [-0.15, -0.1) is 0 Å². The molecule has 1 aromatic heterocycles. The van der Waals surface area contributed by atoms with Gasteiger partial charge in [0.2, 0.25) is 0 Å². The fourth-order valence-electron chi connectivity index (χ4n) is 1.76. The average Bonchev–Trinajstić information content (AvgIpc) is 2.53. The van der Waals surface area contributed by atoms with E-state index >= 15 is 0 Å². The highest BCUT2D eigenvalue weighted by Gasteiger charge is 2.08. The zero-order valence-corrected chi connectivity index (χ0v) is 8.70. The summed E-state index contributed by atoms with van der Waals surface area (Å²) < 4.78 is 14.7. The fourth-order valence-corrected chi connectivity index (χ4v) is 1.76. The van der Waals surface area contributed by atoms with E-state index in [1.54, 1.807) is 10.7 Å². The van der Waals surface area contributed by atoms with Crippen molar-refractivity contribution >= 4 is 10.9 Å². The van der Waals surface area contributed by atoms with E-state index in [-0.39, 0.29) is 5.82 Å². The highest BCUT2D eigenvalue weighted by atomic mass is 19.1. The average molecular weight is 207 g/mol. The van der Waals surface area contributed by atoms with Crippen LogP contribution in [0.2, 0.25) is 0 Å². The van der Waals surface area contributed by atoms with E-state index in [4.69, 9.17) is 5.73 Å². The molecule has 0 radical (unpaired) electrons. The second kappa shape index (κ2) is 3.98. The van der Waals surface area contributed by atoms with Crippen molar-refractivity contribution in [1.29, 1.82) is 0 Å². The first kappa shape index (κ1) is 10.1. The van der Waals surface area contributed by atoms with Gasteiger partial charge in [0.25, 0.3) is 0 Å². The lowest BCUT2D eigenvalue weighted by Crippen LogP contribution is -2.01. The second-order valence-electron chi connectivity index (χ2n) is 3.62. The summed E-state index contributed by atoms with van der Waals surface area (Å²) in [5.74, 6) is -0.226.